The number of carboxylic acid groups (broad SMARTS) is 1. The van der Waals surface area contributed by atoms with Crippen molar-refractivity contribution in [1.82, 2.24) is 0 Å². The Balaban J connectivity index is 1.71. The van der Waals surface area contributed by atoms with Crippen LogP contribution in [0.2, 0.25) is 0 Å². The SMILES string of the molecule is COc1ccc(S(=O)(=O)CCOS(=O)(=O)O)cc1N=Nc1c(C(=O)O)cc(O)c(N=Nc2ccc(N=Nc3ccc(S(=O)(=O)CCOS(=O)(=O)O)cc3S(=O)(=O)O)c(NC(N)=O)c2)c1O. The highest BCUT2D eigenvalue weighted by molar-refractivity contribution is 7.92. The number of hydrogen-bond donors (Lipinski definition) is 8. The molecule has 0 heterocycles. The summed E-state index contributed by atoms with van der Waals surface area (Å²) in [6, 6.07) is 7.76. The molecular formula is C31H30N8O21S5. The molecule has 350 valence electrons. The summed E-state index contributed by atoms with van der Waals surface area (Å²) in [6.07, 6.45) is 0. The molecule has 0 atom stereocenters. The number of nitrogens with one attached hydrogen (secondary N) is 1. The molecule has 0 radical (unpaired) electrons. The Morgan fingerprint density at radius 1 is 0.646 bits per heavy atom. The maximum atomic E-state index is 12.8. The van der Waals surface area contributed by atoms with Crippen LogP contribution in [0.25, 0.3) is 0 Å². The number of nitrogens with two attached hydrogens (primary N) is 1. The quantitative estimate of drug-likeness (QED) is 0.0458. The first kappa shape index (κ1) is 51.0. The number of nitrogens with zero attached hydrogens (tertiary/aromatic N) is 6. The molecule has 29 nitrogen and oxygen atoms in total. The number of primary amides is 1. The van der Waals surface area contributed by atoms with E-state index in [0.29, 0.717) is 12.1 Å². The zero-order valence-electron chi connectivity index (χ0n) is 32.2. The van der Waals surface area contributed by atoms with Gasteiger partial charge in [-0.25, -0.2) is 34.8 Å². The van der Waals surface area contributed by atoms with E-state index in [0.717, 1.165) is 55.6 Å². The van der Waals surface area contributed by atoms with Crippen molar-refractivity contribution in [3.8, 4) is 17.2 Å². The fraction of sp³-hybridized carbons (Fsp3) is 0.161. The van der Waals surface area contributed by atoms with Crippen molar-refractivity contribution in [3.63, 3.8) is 0 Å². The lowest BCUT2D eigenvalue weighted by atomic mass is 10.1. The molecule has 0 spiro atoms. The lowest BCUT2D eigenvalue weighted by Crippen LogP contribution is -2.19. The Labute approximate surface area is 366 Å². The number of phenolic OH excluding ortho intramolecular Hbond substituents is 2. The van der Waals surface area contributed by atoms with Gasteiger partial charge in [0.1, 0.15) is 39.1 Å². The van der Waals surface area contributed by atoms with Gasteiger partial charge in [0, 0.05) is 0 Å². The van der Waals surface area contributed by atoms with Gasteiger partial charge in [-0.15, -0.1) is 25.6 Å². The first-order valence-electron chi connectivity index (χ1n) is 16.8. The van der Waals surface area contributed by atoms with Crippen molar-refractivity contribution >= 4 is 102 Å². The smallest absolute Gasteiger partial charge is 0.397 e. The molecule has 65 heavy (non-hydrogen) atoms. The molecular weight excluding hydrogens is 981 g/mol. The van der Waals surface area contributed by atoms with E-state index < -0.39 is 136 Å². The molecule has 0 bridgehead atoms. The number of azo groups is 3. The lowest BCUT2D eigenvalue weighted by molar-refractivity contribution is 0.0696. The van der Waals surface area contributed by atoms with E-state index in [4.69, 9.17) is 19.6 Å². The number of carboxylic acids is 1. The van der Waals surface area contributed by atoms with Crippen LogP contribution in [0.4, 0.5) is 44.6 Å². The van der Waals surface area contributed by atoms with E-state index in [1.54, 1.807) is 0 Å². The number of ether oxygens (including phenoxy) is 1. The number of carbonyl (C=O) groups excluding carboxylic acids is 1. The zero-order valence-corrected chi connectivity index (χ0v) is 36.3. The van der Waals surface area contributed by atoms with Crippen LogP contribution in [0.3, 0.4) is 0 Å². The van der Waals surface area contributed by atoms with Gasteiger partial charge in [-0.3, -0.25) is 13.7 Å². The normalized spacial score (nSPS) is 12.9. The largest absolute Gasteiger partial charge is 0.505 e. The third-order valence-electron chi connectivity index (χ3n) is 7.73. The maximum absolute atomic E-state index is 12.8. The number of aromatic hydroxyl groups is 2. The highest BCUT2D eigenvalue weighted by Crippen LogP contribution is 2.47. The fourth-order valence-corrected chi connectivity index (χ4v) is 8.61. The van der Waals surface area contributed by atoms with Crippen LogP contribution in [0.5, 0.6) is 17.2 Å². The van der Waals surface area contributed by atoms with Crippen LogP contribution in [0.15, 0.2) is 106 Å². The third-order valence-corrected chi connectivity index (χ3v) is 12.9. The predicted molar refractivity (Wildman–Crippen MR) is 217 cm³/mol. The number of hydrogen-bond acceptors (Lipinski definition) is 23. The third kappa shape index (κ3) is 14.2. The predicted octanol–water partition coefficient (Wildman–Crippen LogP) is 3.97. The summed E-state index contributed by atoms with van der Waals surface area (Å²) in [5.41, 5.74) is 0.897. The highest BCUT2D eigenvalue weighted by atomic mass is 32.3. The number of urea groups is 1. The van der Waals surface area contributed by atoms with E-state index >= 15 is 0 Å². The van der Waals surface area contributed by atoms with Crippen LogP contribution in [-0.4, -0.2) is 115 Å². The van der Waals surface area contributed by atoms with Crippen LogP contribution < -0.4 is 15.8 Å². The standard InChI is InChI=1S/C31H30N8O21S5/c1-58-25-7-4-17(61(45,46)10-8-59-64(52,53)54)13-23(25)37-38-27-19(30(42)43)15-24(40)28(29(27)41)39-34-16-2-5-20(22(12-16)33-31(32)44)35-36-21-6-3-18(14-26(21)63(49,50)51)62(47,48)11-9-60-65(55,56)57/h2-7,12-15,40-41H,8-11H2,1H3,(H,42,43)(H3,32,33,44)(H,49,50,51)(H,52,53,54)(H,55,56,57). The van der Waals surface area contributed by atoms with Crippen molar-refractivity contribution in [2.45, 2.75) is 14.7 Å². The summed E-state index contributed by atoms with van der Waals surface area (Å²) in [7, 11) is -22.8. The summed E-state index contributed by atoms with van der Waals surface area (Å²) in [6.45, 7) is -2.03. The van der Waals surface area contributed by atoms with Crippen molar-refractivity contribution < 1.29 is 93.8 Å². The van der Waals surface area contributed by atoms with Crippen LogP contribution in [-0.2, 0) is 59.0 Å². The molecule has 0 aliphatic carbocycles. The number of anilines is 1. The van der Waals surface area contributed by atoms with Crippen molar-refractivity contribution in [3.05, 3.63) is 66.2 Å². The fourth-order valence-electron chi connectivity index (χ4n) is 4.88. The molecule has 0 aromatic heterocycles. The van der Waals surface area contributed by atoms with Gasteiger partial charge >= 0.3 is 32.8 Å². The number of phenols is 2. The number of rotatable bonds is 20. The topological polar surface area (TPSA) is 466 Å². The Morgan fingerprint density at radius 2 is 1.17 bits per heavy atom. The van der Waals surface area contributed by atoms with E-state index in [9.17, 15) is 71.6 Å². The van der Waals surface area contributed by atoms with Crippen LogP contribution in [0.1, 0.15) is 10.4 Å². The lowest BCUT2D eigenvalue weighted by Gasteiger charge is -2.10. The summed E-state index contributed by atoms with van der Waals surface area (Å²) in [5.74, 6) is -5.99. The molecule has 2 amide bonds. The molecule has 0 saturated heterocycles. The minimum Gasteiger partial charge on any atom is -0.505 e. The second kappa shape index (κ2) is 20.0. The number of methoxy groups -OCH3 is 1. The van der Waals surface area contributed by atoms with Gasteiger partial charge in [0.25, 0.3) is 10.1 Å². The second-order valence-corrected chi connectivity index (χ2v) is 20.0. The van der Waals surface area contributed by atoms with Gasteiger partial charge in [0.15, 0.2) is 31.1 Å². The Kier molecular flexibility index (Phi) is 15.7. The van der Waals surface area contributed by atoms with Gasteiger partial charge in [0.2, 0.25) is 0 Å². The summed E-state index contributed by atoms with van der Waals surface area (Å²) < 4.78 is 159. The summed E-state index contributed by atoms with van der Waals surface area (Å²) in [5, 5.41) is 56.2. The summed E-state index contributed by atoms with van der Waals surface area (Å²) in [4.78, 5) is 21.6. The number of carbonyl (C=O) groups is 2. The summed E-state index contributed by atoms with van der Waals surface area (Å²) >= 11 is 0. The first-order chi connectivity index (χ1) is 30.0. The van der Waals surface area contributed by atoms with Gasteiger partial charge < -0.3 is 31.1 Å². The minimum atomic E-state index is -5.23. The molecule has 0 aliphatic heterocycles. The Morgan fingerprint density at radius 3 is 1.71 bits per heavy atom. The number of amides is 2. The number of benzene rings is 4. The number of sulfone groups is 2. The second-order valence-electron chi connectivity index (χ2n) is 12.2. The average Bonchev–Trinajstić information content (AvgIpc) is 3.18. The van der Waals surface area contributed by atoms with Crippen molar-refractivity contribution in [1.29, 1.82) is 0 Å². The van der Waals surface area contributed by atoms with E-state index in [-0.39, 0.29) is 28.5 Å². The maximum Gasteiger partial charge on any atom is 0.397 e. The molecule has 9 N–H and O–H groups in total. The van der Waals surface area contributed by atoms with Crippen LogP contribution in [0, 0.1) is 0 Å². The molecule has 0 fully saturated rings. The average molecular weight is 1010 g/mol. The van der Waals surface area contributed by atoms with Gasteiger partial charge in [-0.05, 0) is 60.7 Å². The van der Waals surface area contributed by atoms with Gasteiger partial charge in [0.05, 0.1) is 58.6 Å². The van der Waals surface area contributed by atoms with E-state index in [1.807, 2.05) is 0 Å². The van der Waals surface area contributed by atoms with Crippen molar-refractivity contribution in [2.24, 2.45) is 36.4 Å². The Hall–Kier alpha value is -6.63. The van der Waals surface area contributed by atoms with Crippen LogP contribution >= 0.6 is 0 Å². The van der Waals surface area contributed by atoms with E-state index in [1.165, 1.54) is 0 Å². The molecule has 0 aliphatic rings. The molecule has 4 rings (SSSR count). The first-order valence-corrected chi connectivity index (χ1v) is 24.3. The minimum absolute atomic E-state index is 0.132. The molecule has 0 saturated carbocycles. The molecule has 0 unspecified atom stereocenters. The number of aromatic carboxylic acids is 1. The zero-order chi connectivity index (χ0) is 48.7. The van der Waals surface area contributed by atoms with Crippen molar-refractivity contribution in [2.75, 3.05) is 37.1 Å². The molecule has 4 aromatic rings. The highest BCUT2D eigenvalue weighted by Gasteiger charge is 2.25. The van der Waals surface area contributed by atoms with Gasteiger partial charge in [-0.1, -0.05) is 0 Å². The molecule has 4 aromatic carbocycles. The molecule has 34 heteroatoms. The van der Waals surface area contributed by atoms with E-state index in [2.05, 4.69) is 44.4 Å². The Bertz CT molecular complexity index is 3220. The van der Waals surface area contributed by atoms with Gasteiger partial charge in [-0.2, -0.15) is 30.4 Å². The monoisotopic (exact) mass is 1010 g/mol.